The summed E-state index contributed by atoms with van der Waals surface area (Å²) in [4.78, 5) is 21.8. The van der Waals surface area contributed by atoms with Crippen LogP contribution in [0.3, 0.4) is 0 Å². The topological polar surface area (TPSA) is 93.5 Å². The number of benzene rings is 1. The van der Waals surface area contributed by atoms with Gasteiger partial charge in [0.25, 0.3) is 0 Å². The van der Waals surface area contributed by atoms with Crippen LogP contribution in [0.5, 0.6) is 0 Å². The fourth-order valence-corrected chi connectivity index (χ4v) is 1.71. The molecule has 0 amide bonds. The second-order valence-corrected chi connectivity index (χ2v) is 3.72. The van der Waals surface area contributed by atoms with Crippen molar-refractivity contribution in [2.45, 2.75) is 12.5 Å². The molecule has 1 heterocycles. The highest BCUT2D eigenvalue weighted by Gasteiger charge is 2.15. The molecule has 1 aromatic carbocycles. The summed E-state index contributed by atoms with van der Waals surface area (Å²) in [5, 5.41) is 9.42. The first-order valence-corrected chi connectivity index (χ1v) is 5.08. The summed E-state index contributed by atoms with van der Waals surface area (Å²) < 4.78 is 5.07. The van der Waals surface area contributed by atoms with Crippen molar-refractivity contribution in [3.8, 4) is 0 Å². The van der Waals surface area contributed by atoms with Crippen LogP contribution in [0.2, 0.25) is 0 Å². The van der Waals surface area contributed by atoms with Crippen molar-refractivity contribution in [3.63, 3.8) is 0 Å². The van der Waals surface area contributed by atoms with Crippen LogP contribution in [0.25, 0.3) is 11.0 Å². The number of rotatable bonds is 3. The molecule has 0 fully saturated rings. The maximum atomic E-state index is 11.2. The summed E-state index contributed by atoms with van der Waals surface area (Å²) in [5.41, 5.74) is 6.18. The van der Waals surface area contributed by atoms with Gasteiger partial charge in [0, 0.05) is 23.1 Å². The van der Waals surface area contributed by atoms with Crippen molar-refractivity contribution in [2.24, 2.45) is 5.73 Å². The van der Waals surface area contributed by atoms with Crippen molar-refractivity contribution < 1.29 is 14.3 Å². The van der Waals surface area contributed by atoms with Crippen molar-refractivity contribution in [3.05, 3.63) is 46.3 Å². The Bertz CT molecular complexity index is 617. The van der Waals surface area contributed by atoms with E-state index < -0.39 is 17.6 Å². The zero-order valence-electron chi connectivity index (χ0n) is 8.92. The number of carboxylic acids is 1. The van der Waals surface area contributed by atoms with Gasteiger partial charge in [0.1, 0.15) is 5.58 Å². The Labute approximate surface area is 96.5 Å². The summed E-state index contributed by atoms with van der Waals surface area (Å²) >= 11 is 0. The Morgan fingerprint density at radius 3 is 2.82 bits per heavy atom. The van der Waals surface area contributed by atoms with Crippen LogP contribution in [0, 0.1) is 0 Å². The minimum absolute atomic E-state index is 0.211. The molecule has 2 rings (SSSR count). The first-order valence-electron chi connectivity index (χ1n) is 5.08. The van der Waals surface area contributed by atoms with Crippen LogP contribution in [0.1, 0.15) is 18.0 Å². The molecule has 1 atom stereocenters. The number of carboxylic acid groups (broad SMARTS) is 1. The van der Waals surface area contributed by atoms with E-state index in [2.05, 4.69) is 0 Å². The Balaban J connectivity index is 2.56. The van der Waals surface area contributed by atoms with Gasteiger partial charge in [0.15, 0.2) is 0 Å². The SMILES string of the molecule is NC(CC(=O)O)c1cccc2ccc(=O)oc12. The molecule has 0 aliphatic rings. The Morgan fingerprint density at radius 2 is 2.12 bits per heavy atom. The van der Waals surface area contributed by atoms with Gasteiger partial charge in [0.2, 0.25) is 0 Å². The summed E-state index contributed by atoms with van der Waals surface area (Å²) in [5.74, 6) is -0.993. The molecule has 5 heteroatoms. The number of aliphatic carboxylic acids is 1. The Hall–Kier alpha value is -2.14. The molecule has 0 spiro atoms. The number of hydrogen-bond acceptors (Lipinski definition) is 4. The van der Waals surface area contributed by atoms with Crippen molar-refractivity contribution in [1.82, 2.24) is 0 Å². The third-order valence-electron chi connectivity index (χ3n) is 2.47. The lowest BCUT2D eigenvalue weighted by Gasteiger charge is -2.10. The largest absolute Gasteiger partial charge is 0.481 e. The quantitative estimate of drug-likeness (QED) is 0.778. The Morgan fingerprint density at radius 1 is 1.35 bits per heavy atom. The average Bonchev–Trinajstić information content (AvgIpc) is 2.27. The summed E-state index contributed by atoms with van der Waals surface area (Å²) in [6.07, 6.45) is -0.211. The lowest BCUT2D eigenvalue weighted by molar-refractivity contribution is -0.137. The third-order valence-corrected chi connectivity index (χ3v) is 2.47. The average molecular weight is 233 g/mol. The highest BCUT2D eigenvalue weighted by Crippen LogP contribution is 2.23. The smallest absolute Gasteiger partial charge is 0.336 e. The van der Waals surface area contributed by atoms with E-state index in [0.29, 0.717) is 11.1 Å². The normalized spacial score (nSPS) is 12.5. The first kappa shape index (κ1) is 11.3. The number of fused-ring (bicyclic) bond motifs is 1. The van der Waals surface area contributed by atoms with Gasteiger partial charge in [-0.15, -0.1) is 0 Å². The van der Waals surface area contributed by atoms with Crippen LogP contribution in [-0.2, 0) is 4.79 Å². The molecule has 0 saturated carbocycles. The summed E-state index contributed by atoms with van der Waals surface area (Å²) in [6, 6.07) is 7.43. The van der Waals surface area contributed by atoms with Crippen molar-refractivity contribution in [1.29, 1.82) is 0 Å². The number of hydrogen-bond donors (Lipinski definition) is 2. The molecular weight excluding hydrogens is 222 g/mol. The summed E-state index contributed by atoms with van der Waals surface area (Å²) in [6.45, 7) is 0. The van der Waals surface area contributed by atoms with E-state index in [4.69, 9.17) is 15.3 Å². The minimum atomic E-state index is -0.993. The number of para-hydroxylation sites is 1. The number of nitrogens with two attached hydrogens (primary N) is 1. The Kier molecular flexibility index (Phi) is 2.93. The molecule has 5 nitrogen and oxygen atoms in total. The predicted octanol–water partition coefficient (Wildman–Crippen LogP) is 1.27. The molecule has 0 saturated heterocycles. The van der Waals surface area contributed by atoms with Gasteiger partial charge in [-0.1, -0.05) is 18.2 Å². The van der Waals surface area contributed by atoms with Crippen LogP contribution in [0.15, 0.2) is 39.5 Å². The van der Waals surface area contributed by atoms with Crippen molar-refractivity contribution in [2.75, 3.05) is 0 Å². The molecule has 0 aliphatic heterocycles. The molecule has 0 bridgehead atoms. The first-order chi connectivity index (χ1) is 8.08. The van der Waals surface area contributed by atoms with Crippen LogP contribution in [-0.4, -0.2) is 11.1 Å². The van der Waals surface area contributed by atoms with Gasteiger partial charge < -0.3 is 15.3 Å². The molecule has 2 aromatic rings. The third kappa shape index (κ3) is 2.34. The molecule has 17 heavy (non-hydrogen) atoms. The van der Waals surface area contributed by atoms with Crippen molar-refractivity contribution >= 4 is 16.9 Å². The zero-order chi connectivity index (χ0) is 12.4. The fraction of sp³-hybridized carbons (Fsp3) is 0.167. The van der Waals surface area contributed by atoms with Crippen LogP contribution < -0.4 is 11.4 Å². The second-order valence-electron chi connectivity index (χ2n) is 3.72. The lowest BCUT2D eigenvalue weighted by atomic mass is 10.0. The fourth-order valence-electron chi connectivity index (χ4n) is 1.71. The molecule has 0 radical (unpaired) electrons. The van der Waals surface area contributed by atoms with E-state index in [9.17, 15) is 9.59 Å². The molecule has 88 valence electrons. The zero-order valence-corrected chi connectivity index (χ0v) is 8.92. The standard InChI is InChI=1S/C12H11NO4/c13-9(6-10(14)15)8-3-1-2-7-4-5-11(16)17-12(7)8/h1-5,9H,6,13H2,(H,14,15). The molecule has 1 unspecified atom stereocenters. The molecule has 3 N–H and O–H groups in total. The van der Waals surface area contributed by atoms with Gasteiger partial charge in [-0.3, -0.25) is 4.79 Å². The number of carbonyl (C=O) groups is 1. The van der Waals surface area contributed by atoms with E-state index in [1.165, 1.54) is 6.07 Å². The van der Waals surface area contributed by atoms with Gasteiger partial charge in [-0.2, -0.15) is 0 Å². The van der Waals surface area contributed by atoms with E-state index in [1.54, 1.807) is 24.3 Å². The molecular formula is C12H11NO4. The monoisotopic (exact) mass is 233 g/mol. The second kappa shape index (κ2) is 4.39. The molecule has 0 aliphatic carbocycles. The lowest BCUT2D eigenvalue weighted by Crippen LogP contribution is -2.15. The predicted molar refractivity (Wildman–Crippen MR) is 61.7 cm³/mol. The highest BCUT2D eigenvalue weighted by atomic mass is 16.4. The van der Waals surface area contributed by atoms with Gasteiger partial charge in [-0.25, -0.2) is 4.79 Å². The van der Waals surface area contributed by atoms with E-state index in [0.717, 1.165) is 5.39 Å². The van der Waals surface area contributed by atoms with E-state index in [1.807, 2.05) is 0 Å². The summed E-state index contributed by atoms with van der Waals surface area (Å²) in [7, 11) is 0. The maximum Gasteiger partial charge on any atom is 0.336 e. The minimum Gasteiger partial charge on any atom is -0.481 e. The van der Waals surface area contributed by atoms with Crippen LogP contribution in [0.4, 0.5) is 0 Å². The van der Waals surface area contributed by atoms with E-state index >= 15 is 0 Å². The van der Waals surface area contributed by atoms with Crippen LogP contribution >= 0.6 is 0 Å². The van der Waals surface area contributed by atoms with Gasteiger partial charge in [0.05, 0.1) is 6.42 Å². The van der Waals surface area contributed by atoms with Gasteiger partial charge >= 0.3 is 11.6 Å². The highest BCUT2D eigenvalue weighted by molar-refractivity contribution is 5.80. The maximum absolute atomic E-state index is 11.2. The molecule has 1 aromatic heterocycles. The van der Waals surface area contributed by atoms with E-state index in [-0.39, 0.29) is 6.42 Å². The van der Waals surface area contributed by atoms with Gasteiger partial charge in [-0.05, 0) is 6.07 Å².